The summed E-state index contributed by atoms with van der Waals surface area (Å²) in [7, 11) is 0. The first-order chi connectivity index (χ1) is 8.72. The Bertz CT molecular complexity index is 388. The average molecular weight is 251 g/mol. The standard InChI is InChI=1S/C15H22FNO/c1-3-17-15(14-6-4-5-9-18-14)12-10-11(2)7-8-13(12)16/h7-8,10,14-15,17H,3-6,9H2,1-2H3. The third-order valence-electron chi connectivity index (χ3n) is 3.50. The number of nitrogens with one attached hydrogen (secondary N) is 1. The second-order valence-electron chi connectivity index (χ2n) is 4.97. The summed E-state index contributed by atoms with van der Waals surface area (Å²) in [6.07, 6.45) is 3.38. The molecule has 0 aliphatic carbocycles. The minimum atomic E-state index is -0.138. The van der Waals surface area contributed by atoms with Gasteiger partial charge in [-0.3, -0.25) is 0 Å². The minimum Gasteiger partial charge on any atom is -0.376 e. The molecular formula is C15H22FNO. The summed E-state index contributed by atoms with van der Waals surface area (Å²) < 4.78 is 19.8. The maximum atomic E-state index is 14.0. The van der Waals surface area contributed by atoms with Gasteiger partial charge in [0, 0.05) is 12.2 Å². The zero-order chi connectivity index (χ0) is 13.0. The molecule has 2 atom stereocenters. The molecule has 1 N–H and O–H groups in total. The van der Waals surface area contributed by atoms with Gasteiger partial charge in [0.05, 0.1) is 12.1 Å². The molecule has 100 valence electrons. The lowest BCUT2D eigenvalue weighted by Gasteiger charge is -2.31. The molecule has 1 saturated heterocycles. The Morgan fingerprint density at radius 1 is 1.44 bits per heavy atom. The van der Waals surface area contributed by atoms with Gasteiger partial charge < -0.3 is 10.1 Å². The van der Waals surface area contributed by atoms with E-state index in [1.54, 1.807) is 6.07 Å². The van der Waals surface area contributed by atoms with E-state index < -0.39 is 0 Å². The van der Waals surface area contributed by atoms with Gasteiger partial charge in [0.25, 0.3) is 0 Å². The van der Waals surface area contributed by atoms with Crippen molar-refractivity contribution >= 4 is 0 Å². The Hall–Kier alpha value is -0.930. The highest BCUT2D eigenvalue weighted by atomic mass is 19.1. The molecule has 18 heavy (non-hydrogen) atoms. The molecule has 1 fully saturated rings. The Morgan fingerprint density at radius 3 is 2.94 bits per heavy atom. The largest absolute Gasteiger partial charge is 0.376 e. The van der Waals surface area contributed by atoms with Crippen molar-refractivity contribution in [1.82, 2.24) is 5.32 Å². The molecule has 2 rings (SSSR count). The minimum absolute atomic E-state index is 0.0322. The lowest BCUT2D eigenvalue weighted by atomic mass is 9.94. The van der Waals surface area contributed by atoms with Crippen molar-refractivity contribution < 1.29 is 9.13 Å². The van der Waals surface area contributed by atoms with Gasteiger partial charge in [0.1, 0.15) is 5.82 Å². The number of benzene rings is 1. The van der Waals surface area contributed by atoms with Crippen molar-refractivity contribution in [3.63, 3.8) is 0 Å². The highest BCUT2D eigenvalue weighted by Crippen LogP contribution is 2.28. The molecule has 0 aromatic heterocycles. The molecule has 1 aromatic rings. The molecule has 1 aliphatic heterocycles. The van der Waals surface area contributed by atoms with Crippen molar-refractivity contribution in [1.29, 1.82) is 0 Å². The highest BCUT2D eigenvalue weighted by molar-refractivity contribution is 5.27. The van der Waals surface area contributed by atoms with Gasteiger partial charge in [-0.15, -0.1) is 0 Å². The fourth-order valence-electron chi connectivity index (χ4n) is 2.59. The van der Waals surface area contributed by atoms with E-state index in [1.165, 1.54) is 6.42 Å². The van der Waals surface area contributed by atoms with E-state index in [0.29, 0.717) is 0 Å². The predicted molar refractivity (Wildman–Crippen MR) is 71.1 cm³/mol. The van der Waals surface area contributed by atoms with Crippen LogP contribution in [0.1, 0.15) is 43.4 Å². The number of ether oxygens (including phenoxy) is 1. The quantitative estimate of drug-likeness (QED) is 0.886. The zero-order valence-corrected chi connectivity index (χ0v) is 11.2. The van der Waals surface area contributed by atoms with Crippen LogP contribution in [0.3, 0.4) is 0 Å². The zero-order valence-electron chi connectivity index (χ0n) is 11.2. The number of halogens is 1. The van der Waals surface area contributed by atoms with Crippen molar-refractivity contribution in [2.24, 2.45) is 0 Å². The van der Waals surface area contributed by atoms with Crippen LogP contribution < -0.4 is 5.32 Å². The van der Waals surface area contributed by atoms with Crippen LogP contribution in [0.4, 0.5) is 4.39 Å². The van der Waals surface area contributed by atoms with Gasteiger partial charge in [-0.05, 0) is 38.8 Å². The van der Waals surface area contributed by atoms with E-state index in [4.69, 9.17) is 4.74 Å². The Balaban J connectivity index is 2.24. The molecule has 3 heteroatoms. The third kappa shape index (κ3) is 3.09. The number of likely N-dealkylation sites (N-methyl/N-ethyl adjacent to an activating group) is 1. The molecule has 1 heterocycles. The second kappa shape index (κ2) is 6.30. The molecule has 0 radical (unpaired) electrons. The van der Waals surface area contributed by atoms with Crippen LogP contribution in [0.15, 0.2) is 18.2 Å². The molecule has 0 bridgehead atoms. The summed E-state index contributed by atoms with van der Waals surface area (Å²) in [4.78, 5) is 0. The SMILES string of the molecule is CCNC(c1cc(C)ccc1F)C1CCCCO1. The van der Waals surface area contributed by atoms with Crippen LogP contribution in [-0.4, -0.2) is 19.3 Å². The van der Waals surface area contributed by atoms with Crippen molar-refractivity contribution in [3.05, 3.63) is 35.1 Å². The van der Waals surface area contributed by atoms with Crippen LogP contribution in [0.2, 0.25) is 0 Å². The topological polar surface area (TPSA) is 21.3 Å². The van der Waals surface area contributed by atoms with Crippen LogP contribution in [0.5, 0.6) is 0 Å². The van der Waals surface area contributed by atoms with Crippen molar-refractivity contribution in [2.75, 3.05) is 13.2 Å². The maximum Gasteiger partial charge on any atom is 0.128 e. The number of rotatable bonds is 4. The molecule has 0 amide bonds. The second-order valence-corrected chi connectivity index (χ2v) is 4.97. The maximum absolute atomic E-state index is 14.0. The average Bonchev–Trinajstić information content (AvgIpc) is 2.40. The molecule has 1 aliphatic rings. The molecule has 2 nitrogen and oxygen atoms in total. The Morgan fingerprint density at radius 2 is 2.28 bits per heavy atom. The smallest absolute Gasteiger partial charge is 0.128 e. The summed E-state index contributed by atoms with van der Waals surface area (Å²) in [6.45, 7) is 5.65. The van der Waals surface area contributed by atoms with E-state index in [0.717, 1.165) is 37.1 Å². The summed E-state index contributed by atoms with van der Waals surface area (Å²) in [6, 6.07) is 5.26. The van der Waals surface area contributed by atoms with Crippen LogP contribution in [-0.2, 0) is 4.74 Å². The van der Waals surface area contributed by atoms with Gasteiger partial charge in [-0.2, -0.15) is 0 Å². The Labute approximate surface area is 109 Å². The van der Waals surface area contributed by atoms with Crippen LogP contribution in [0, 0.1) is 12.7 Å². The van der Waals surface area contributed by atoms with Gasteiger partial charge in [-0.25, -0.2) is 4.39 Å². The number of hydrogen-bond acceptors (Lipinski definition) is 2. The van der Waals surface area contributed by atoms with Crippen molar-refractivity contribution in [3.8, 4) is 0 Å². The third-order valence-corrected chi connectivity index (χ3v) is 3.50. The lowest BCUT2D eigenvalue weighted by Crippen LogP contribution is -2.36. The van der Waals surface area contributed by atoms with E-state index in [1.807, 2.05) is 26.0 Å². The molecule has 0 saturated carbocycles. The van der Waals surface area contributed by atoms with Gasteiger partial charge in [0.15, 0.2) is 0 Å². The van der Waals surface area contributed by atoms with E-state index in [-0.39, 0.29) is 18.0 Å². The fraction of sp³-hybridized carbons (Fsp3) is 0.600. The van der Waals surface area contributed by atoms with Crippen molar-refractivity contribution in [2.45, 2.75) is 45.3 Å². The number of hydrogen-bond donors (Lipinski definition) is 1. The van der Waals surface area contributed by atoms with E-state index in [9.17, 15) is 4.39 Å². The first-order valence-corrected chi connectivity index (χ1v) is 6.83. The summed E-state index contributed by atoms with van der Waals surface area (Å²) in [5.41, 5.74) is 1.83. The van der Waals surface area contributed by atoms with E-state index >= 15 is 0 Å². The fourth-order valence-corrected chi connectivity index (χ4v) is 2.59. The van der Waals surface area contributed by atoms with Crippen LogP contribution in [0.25, 0.3) is 0 Å². The normalized spacial score (nSPS) is 21.8. The molecule has 1 aromatic carbocycles. The highest BCUT2D eigenvalue weighted by Gasteiger charge is 2.27. The van der Waals surface area contributed by atoms with E-state index in [2.05, 4.69) is 5.32 Å². The lowest BCUT2D eigenvalue weighted by molar-refractivity contribution is -0.00857. The van der Waals surface area contributed by atoms with Crippen LogP contribution >= 0.6 is 0 Å². The summed E-state index contributed by atoms with van der Waals surface area (Å²) in [5, 5.41) is 3.37. The molecule has 0 spiro atoms. The van der Waals surface area contributed by atoms with Gasteiger partial charge in [0.2, 0.25) is 0 Å². The molecular weight excluding hydrogens is 229 g/mol. The van der Waals surface area contributed by atoms with Gasteiger partial charge >= 0.3 is 0 Å². The Kier molecular flexibility index (Phi) is 4.72. The first kappa shape index (κ1) is 13.5. The van der Waals surface area contributed by atoms with Gasteiger partial charge in [-0.1, -0.05) is 24.6 Å². The predicted octanol–water partition coefficient (Wildman–Crippen LogP) is 3.35. The molecule has 2 unspecified atom stereocenters. The summed E-state index contributed by atoms with van der Waals surface area (Å²) >= 11 is 0. The summed E-state index contributed by atoms with van der Waals surface area (Å²) in [5.74, 6) is -0.138. The first-order valence-electron chi connectivity index (χ1n) is 6.83. The monoisotopic (exact) mass is 251 g/mol. The number of aryl methyl sites for hydroxylation is 1.